The molecule has 2 heterocycles. The number of rotatable bonds is 3. The van der Waals surface area contributed by atoms with Crippen LogP contribution in [0.5, 0.6) is 5.75 Å². The number of ether oxygens (including phenoxy) is 1. The van der Waals surface area contributed by atoms with Gasteiger partial charge in [-0.05, 0) is 35.9 Å². The lowest BCUT2D eigenvalue weighted by Gasteiger charge is -2.02. The van der Waals surface area contributed by atoms with E-state index in [4.69, 9.17) is 5.11 Å². The Morgan fingerprint density at radius 2 is 1.94 bits per heavy atom. The van der Waals surface area contributed by atoms with Crippen molar-refractivity contribution in [2.24, 2.45) is 0 Å². The van der Waals surface area contributed by atoms with E-state index < -0.39 is 6.16 Å². The van der Waals surface area contributed by atoms with E-state index in [0.717, 1.165) is 5.56 Å². The molecule has 5 heteroatoms. The first-order valence-electron chi connectivity index (χ1n) is 5.19. The summed E-state index contributed by atoms with van der Waals surface area (Å²) in [6.45, 7) is 0. The molecule has 2 rings (SSSR count). The topological polar surface area (TPSA) is 72.3 Å². The predicted octanol–water partition coefficient (Wildman–Crippen LogP) is 2.70. The second-order valence-electron chi connectivity index (χ2n) is 3.37. The van der Waals surface area contributed by atoms with Gasteiger partial charge in [-0.2, -0.15) is 0 Å². The van der Waals surface area contributed by atoms with Crippen LogP contribution >= 0.6 is 0 Å². The average Bonchev–Trinajstić information content (AvgIpc) is 2.38. The minimum absolute atomic E-state index is 0.204. The number of hydrogen-bond donors (Lipinski definition) is 1. The zero-order valence-corrected chi connectivity index (χ0v) is 9.35. The Hall–Kier alpha value is -2.69. The van der Waals surface area contributed by atoms with Gasteiger partial charge < -0.3 is 9.84 Å². The maximum Gasteiger partial charge on any atom is 0.511 e. The number of carboxylic acid groups (broad SMARTS) is 1. The van der Waals surface area contributed by atoms with Gasteiger partial charge in [0.15, 0.2) is 5.75 Å². The first kappa shape index (κ1) is 11.8. The lowest BCUT2D eigenvalue weighted by molar-refractivity contribution is 0.144. The van der Waals surface area contributed by atoms with Crippen LogP contribution in [0.3, 0.4) is 0 Å². The molecule has 0 atom stereocenters. The molecule has 0 aliphatic heterocycles. The number of carbonyl (C=O) groups is 1. The number of hydrogen-bond acceptors (Lipinski definition) is 4. The molecule has 0 radical (unpaired) electrons. The summed E-state index contributed by atoms with van der Waals surface area (Å²) in [5.74, 6) is 0.204. The Balaban J connectivity index is 2.23. The smallest absolute Gasteiger partial charge is 0.449 e. The number of aromatic nitrogens is 2. The molecule has 0 fully saturated rings. The molecule has 0 aliphatic rings. The summed E-state index contributed by atoms with van der Waals surface area (Å²) >= 11 is 0. The molecule has 90 valence electrons. The van der Waals surface area contributed by atoms with E-state index in [-0.39, 0.29) is 5.75 Å². The van der Waals surface area contributed by atoms with E-state index in [0.29, 0.717) is 5.69 Å². The van der Waals surface area contributed by atoms with Crippen molar-refractivity contribution in [3.8, 4) is 5.75 Å². The van der Waals surface area contributed by atoms with Crippen molar-refractivity contribution >= 4 is 18.3 Å². The highest BCUT2D eigenvalue weighted by Gasteiger charge is 2.05. The van der Waals surface area contributed by atoms with Crippen LogP contribution in [0, 0.1) is 0 Å². The van der Waals surface area contributed by atoms with Crippen molar-refractivity contribution < 1.29 is 14.6 Å². The van der Waals surface area contributed by atoms with Gasteiger partial charge in [-0.15, -0.1) is 0 Å². The van der Waals surface area contributed by atoms with Gasteiger partial charge in [0.05, 0.1) is 0 Å². The monoisotopic (exact) mass is 242 g/mol. The second kappa shape index (κ2) is 5.58. The largest absolute Gasteiger partial charge is 0.511 e. The van der Waals surface area contributed by atoms with Crippen LogP contribution in [0.4, 0.5) is 4.79 Å². The fraction of sp³-hybridized carbons (Fsp3) is 0. The van der Waals surface area contributed by atoms with Gasteiger partial charge in [-0.1, -0.05) is 6.08 Å². The van der Waals surface area contributed by atoms with Gasteiger partial charge in [0.2, 0.25) is 0 Å². The summed E-state index contributed by atoms with van der Waals surface area (Å²) in [4.78, 5) is 18.5. The molecule has 0 bridgehead atoms. The third kappa shape index (κ3) is 3.15. The van der Waals surface area contributed by atoms with E-state index in [1.807, 2.05) is 12.1 Å². The molecule has 0 unspecified atom stereocenters. The van der Waals surface area contributed by atoms with Crippen LogP contribution in [0.25, 0.3) is 12.2 Å². The molecule has 0 saturated heterocycles. The third-order valence-electron chi connectivity index (χ3n) is 2.14. The molecule has 0 spiro atoms. The Labute approximate surface area is 103 Å². The zero-order chi connectivity index (χ0) is 12.8. The Morgan fingerprint density at radius 3 is 2.67 bits per heavy atom. The van der Waals surface area contributed by atoms with Crippen molar-refractivity contribution in [2.75, 3.05) is 0 Å². The SMILES string of the molecule is O=C(O)Oc1cccnc1C=Cc1ccncc1. The van der Waals surface area contributed by atoms with E-state index in [1.54, 1.807) is 42.9 Å². The quantitative estimate of drug-likeness (QED) is 0.838. The molecular formula is C13H10N2O3. The Morgan fingerprint density at radius 1 is 1.17 bits per heavy atom. The Kier molecular flexibility index (Phi) is 3.66. The van der Waals surface area contributed by atoms with Crippen LogP contribution in [0.15, 0.2) is 42.9 Å². The molecule has 5 nitrogen and oxygen atoms in total. The zero-order valence-electron chi connectivity index (χ0n) is 9.35. The fourth-order valence-corrected chi connectivity index (χ4v) is 1.36. The normalized spacial score (nSPS) is 10.4. The molecule has 0 saturated carbocycles. The second-order valence-corrected chi connectivity index (χ2v) is 3.37. The van der Waals surface area contributed by atoms with E-state index in [2.05, 4.69) is 14.7 Å². The van der Waals surface area contributed by atoms with Crippen molar-refractivity contribution in [3.05, 3.63) is 54.1 Å². The van der Waals surface area contributed by atoms with Crippen LogP contribution < -0.4 is 4.74 Å². The summed E-state index contributed by atoms with van der Waals surface area (Å²) in [5.41, 5.74) is 1.40. The first-order valence-corrected chi connectivity index (χ1v) is 5.19. The van der Waals surface area contributed by atoms with E-state index in [9.17, 15) is 4.79 Å². The number of pyridine rings is 2. The maximum absolute atomic E-state index is 10.5. The summed E-state index contributed by atoms with van der Waals surface area (Å²) in [6, 6.07) is 6.82. The van der Waals surface area contributed by atoms with Crippen molar-refractivity contribution in [1.29, 1.82) is 0 Å². The third-order valence-corrected chi connectivity index (χ3v) is 2.14. The maximum atomic E-state index is 10.5. The van der Waals surface area contributed by atoms with Gasteiger partial charge >= 0.3 is 6.16 Å². The minimum Gasteiger partial charge on any atom is -0.449 e. The summed E-state index contributed by atoms with van der Waals surface area (Å²) in [6.07, 6.45) is 7.05. The fourth-order valence-electron chi connectivity index (χ4n) is 1.36. The first-order chi connectivity index (χ1) is 8.75. The van der Waals surface area contributed by atoms with E-state index in [1.165, 1.54) is 0 Å². The van der Waals surface area contributed by atoms with Crippen LogP contribution in [0.1, 0.15) is 11.3 Å². The molecule has 0 aliphatic carbocycles. The highest BCUT2D eigenvalue weighted by molar-refractivity contribution is 5.72. The van der Waals surface area contributed by atoms with Crippen LogP contribution in [-0.4, -0.2) is 21.2 Å². The van der Waals surface area contributed by atoms with E-state index >= 15 is 0 Å². The van der Waals surface area contributed by atoms with Crippen LogP contribution in [0.2, 0.25) is 0 Å². The van der Waals surface area contributed by atoms with Gasteiger partial charge in [0.1, 0.15) is 5.69 Å². The van der Waals surface area contributed by atoms with Crippen molar-refractivity contribution in [3.63, 3.8) is 0 Å². The van der Waals surface area contributed by atoms with Crippen molar-refractivity contribution in [2.45, 2.75) is 0 Å². The van der Waals surface area contributed by atoms with Gasteiger partial charge in [0.25, 0.3) is 0 Å². The van der Waals surface area contributed by atoms with Gasteiger partial charge in [-0.25, -0.2) is 4.79 Å². The molecule has 18 heavy (non-hydrogen) atoms. The highest BCUT2D eigenvalue weighted by atomic mass is 16.7. The molecule has 0 aromatic carbocycles. The molecular weight excluding hydrogens is 232 g/mol. The van der Waals surface area contributed by atoms with Crippen molar-refractivity contribution in [1.82, 2.24) is 9.97 Å². The number of nitrogens with zero attached hydrogens (tertiary/aromatic N) is 2. The van der Waals surface area contributed by atoms with Crippen LogP contribution in [-0.2, 0) is 0 Å². The minimum atomic E-state index is -1.36. The summed E-state index contributed by atoms with van der Waals surface area (Å²) < 4.78 is 4.62. The lowest BCUT2D eigenvalue weighted by Crippen LogP contribution is -2.04. The average molecular weight is 242 g/mol. The molecule has 0 amide bonds. The predicted molar refractivity (Wildman–Crippen MR) is 66.1 cm³/mol. The summed E-state index contributed by atoms with van der Waals surface area (Å²) in [7, 11) is 0. The molecule has 2 aromatic rings. The highest BCUT2D eigenvalue weighted by Crippen LogP contribution is 2.18. The Bertz CT molecular complexity index is 567. The van der Waals surface area contributed by atoms with Gasteiger partial charge in [-0.3, -0.25) is 9.97 Å². The summed E-state index contributed by atoms with van der Waals surface area (Å²) in [5, 5.41) is 8.59. The molecule has 1 N–H and O–H groups in total. The molecule has 2 aromatic heterocycles. The lowest BCUT2D eigenvalue weighted by atomic mass is 10.2. The standard InChI is InChI=1S/C13H10N2O3/c16-13(17)18-12-2-1-7-15-11(12)4-3-10-5-8-14-9-6-10/h1-9H,(H,16,17). The van der Waals surface area contributed by atoms with Gasteiger partial charge in [0, 0.05) is 18.6 Å².